The Balaban J connectivity index is 2.56. The van der Waals surface area contributed by atoms with Gasteiger partial charge in [-0.2, -0.15) is 5.10 Å². The third kappa shape index (κ3) is 4.77. The molecular weight excluding hydrogens is 224 g/mol. The second-order valence-electron chi connectivity index (χ2n) is 5.92. The molecule has 0 aliphatic rings. The van der Waals surface area contributed by atoms with Crippen molar-refractivity contribution in [2.45, 2.75) is 65.3 Å². The van der Waals surface area contributed by atoms with Crippen LogP contribution in [0.4, 0.5) is 0 Å². The molecule has 2 atom stereocenters. The Kier molecular flexibility index (Phi) is 5.79. The van der Waals surface area contributed by atoms with Crippen LogP contribution in [0.5, 0.6) is 0 Å². The van der Waals surface area contributed by atoms with Gasteiger partial charge in [0.2, 0.25) is 0 Å². The van der Waals surface area contributed by atoms with Crippen molar-refractivity contribution >= 4 is 0 Å². The van der Waals surface area contributed by atoms with Crippen molar-refractivity contribution in [3.63, 3.8) is 0 Å². The summed E-state index contributed by atoms with van der Waals surface area (Å²) in [5, 5.41) is 4.50. The van der Waals surface area contributed by atoms with Gasteiger partial charge in [-0.1, -0.05) is 27.2 Å². The van der Waals surface area contributed by atoms with E-state index in [4.69, 9.17) is 5.73 Å². The van der Waals surface area contributed by atoms with Crippen molar-refractivity contribution in [1.29, 1.82) is 0 Å². The molecule has 0 bridgehead atoms. The SMILES string of the molecule is CC(C)Cc1nc(C(C)CCCC(C)N)n(C)n1. The van der Waals surface area contributed by atoms with Gasteiger partial charge in [-0.15, -0.1) is 0 Å². The maximum Gasteiger partial charge on any atom is 0.151 e. The smallest absolute Gasteiger partial charge is 0.151 e. The summed E-state index contributed by atoms with van der Waals surface area (Å²) in [7, 11) is 1.99. The van der Waals surface area contributed by atoms with E-state index < -0.39 is 0 Å². The molecule has 4 heteroatoms. The van der Waals surface area contributed by atoms with Gasteiger partial charge >= 0.3 is 0 Å². The molecule has 2 unspecified atom stereocenters. The summed E-state index contributed by atoms with van der Waals surface area (Å²) in [5.74, 6) is 3.15. The van der Waals surface area contributed by atoms with Crippen LogP contribution in [-0.4, -0.2) is 20.8 Å². The predicted octanol–water partition coefficient (Wildman–Crippen LogP) is 2.63. The topological polar surface area (TPSA) is 56.7 Å². The second-order valence-corrected chi connectivity index (χ2v) is 5.92. The lowest BCUT2D eigenvalue weighted by Gasteiger charge is -2.11. The molecule has 0 radical (unpaired) electrons. The van der Waals surface area contributed by atoms with Gasteiger partial charge in [0, 0.05) is 25.4 Å². The number of rotatable bonds is 7. The average molecular weight is 252 g/mol. The van der Waals surface area contributed by atoms with Crippen LogP contribution in [0.15, 0.2) is 0 Å². The van der Waals surface area contributed by atoms with E-state index in [0.717, 1.165) is 37.3 Å². The molecule has 2 N–H and O–H groups in total. The van der Waals surface area contributed by atoms with Gasteiger partial charge in [-0.25, -0.2) is 4.98 Å². The number of nitrogens with zero attached hydrogens (tertiary/aromatic N) is 3. The molecule has 18 heavy (non-hydrogen) atoms. The van der Waals surface area contributed by atoms with E-state index in [1.165, 1.54) is 0 Å². The molecule has 1 rings (SSSR count). The largest absolute Gasteiger partial charge is 0.328 e. The van der Waals surface area contributed by atoms with Gasteiger partial charge in [0.25, 0.3) is 0 Å². The summed E-state index contributed by atoms with van der Waals surface area (Å²) in [5.41, 5.74) is 5.77. The number of nitrogens with two attached hydrogens (primary N) is 1. The molecule has 0 saturated carbocycles. The van der Waals surface area contributed by atoms with E-state index in [0.29, 0.717) is 17.9 Å². The van der Waals surface area contributed by atoms with Crippen LogP contribution in [-0.2, 0) is 13.5 Å². The number of hydrogen-bond acceptors (Lipinski definition) is 3. The summed E-state index contributed by atoms with van der Waals surface area (Å²) in [6.07, 6.45) is 4.34. The van der Waals surface area contributed by atoms with E-state index in [9.17, 15) is 0 Å². The Morgan fingerprint density at radius 2 is 1.83 bits per heavy atom. The summed E-state index contributed by atoms with van der Waals surface area (Å²) in [6, 6.07) is 0.299. The first kappa shape index (κ1) is 15.2. The fourth-order valence-electron chi connectivity index (χ4n) is 2.21. The highest BCUT2D eigenvalue weighted by atomic mass is 15.3. The van der Waals surface area contributed by atoms with Crippen molar-refractivity contribution in [2.75, 3.05) is 0 Å². The zero-order chi connectivity index (χ0) is 13.7. The molecule has 0 aromatic carbocycles. The highest BCUT2D eigenvalue weighted by molar-refractivity contribution is 4.99. The third-order valence-electron chi connectivity index (χ3n) is 3.17. The molecule has 0 fully saturated rings. The van der Waals surface area contributed by atoms with Crippen LogP contribution in [0.3, 0.4) is 0 Å². The van der Waals surface area contributed by atoms with E-state index in [2.05, 4.69) is 37.8 Å². The first-order valence-corrected chi connectivity index (χ1v) is 7.05. The van der Waals surface area contributed by atoms with Crippen molar-refractivity contribution in [3.05, 3.63) is 11.6 Å². The Labute approximate surface area is 111 Å². The maximum absolute atomic E-state index is 5.77. The first-order chi connectivity index (χ1) is 8.40. The lowest BCUT2D eigenvalue weighted by molar-refractivity contribution is 0.525. The fraction of sp³-hybridized carbons (Fsp3) is 0.857. The zero-order valence-corrected chi connectivity index (χ0v) is 12.5. The third-order valence-corrected chi connectivity index (χ3v) is 3.17. The van der Waals surface area contributed by atoms with Crippen LogP contribution in [0.1, 0.15) is 64.5 Å². The molecule has 0 spiro atoms. The molecule has 0 aliphatic carbocycles. The van der Waals surface area contributed by atoms with Gasteiger partial charge in [-0.05, 0) is 25.7 Å². The molecular formula is C14H28N4. The Morgan fingerprint density at radius 1 is 1.17 bits per heavy atom. The van der Waals surface area contributed by atoms with Crippen molar-refractivity contribution in [3.8, 4) is 0 Å². The number of hydrogen-bond donors (Lipinski definition) is 1. The van der Waals surface area contributed by atoms with Crippen LogP contribution >= 0.6 is 0 Å². The molecule has 0 aliphatic heterocycles. The van der Waals surface area contributed by atoms with E-state index in [1.807, 2.05) is 11.7 Å². The Hall–Kier alpha value is -0.900. The molecule has 0 saturated heterocycles. The number of aromatic nitrogens is 3. The fourth-order valence-corrected chi connectivity index (χ4v) is 2.21. The highest BCUT2D eigenvalue weighted by Gasteiger charge is 2.15. The normalized spacial score (nSPS) is 15.1. The van der Waals surface area contributed by atoms with E-state index in [1.54, 1.807) is 0 Å². The quantitative estimate of drug-likeness (QED) is 0.811. The Morgan fingerprint density at radius 3 is 2.39 bits per heavy atom. The van der Waals surface area contributed by atoms with E-state index in [-0.39, 0.29) is 0 Å². The van der Waals surface area contributed by atoms with Crippen LogP contribution in [0.2, 0.25) is 0 Å². The monoisotopic (exact) mass is 252 g/mol. The van der Waals surface area contributed by atoms with Crippen molar-refractivity contribution < 1.29 is 0 Å². The highest BCUT2D eigenvalue weighted by Crippen LogP contribution is 2.20. The van der Waals surface area contributed by atoms with Crippen LogP contribution in [0.25, 0.3) is 0 Å². The van der Waals surface area contributed by atoms with Gasteiger partial charge in [0.05, 0.1) is 0 Å². The van der Waals surface area contributed by atoms with Crippen LogP contribution in [0, 0.1) is 5.92 Å². The summed E-state index contributed by atoms with van der Waals surface area (Å²) < 4.78 is 1.94. The minimum absolute atomic E-state index is 0.299. The minimum Gasteiger partial charge on any atom is -0.328 e. The lowest BCUT2D eigenvalue weighted by Crippen LogP contribution is -2.14. The second kappa shape index (κ2) is 6.88. The summed E-state index contributed by atoms with van der Waals surface area (Å²) in [4.78, 5) is 4.67. The molecule has 1 aromatic rings. The molecule has 104 valence electrons. The maximum atomic E-state index is 5.77. The van der Waals surface area contributed by atoms with Gasteiger partial charge < -0.3 is 5.73 Å². The van der Waals surface area contributed by atoms with E-state index >= 15 is 0 Å². The zero-order valence-electron chi connectivity index (χ0n) is 12.5. The van der Waals surface area contributed by atoms with Crippen molar-refractivity contribution in [2.24, 2.45) is 18.7 Å². The molecule has 1 aromatic heterocycles. The first-order valence-electron chi connectivity index (χ1n) is 7.05. The standard InChI is InChI=1S/C14H28N4/c1-10(2)9-13-16-14(18(5)17-13)11(3)7-6-8-12(4)15/h10-12H,6-9,15H2,1-5H3. The van der Waals surface area contributed by atoms with Crippen LogP contribution < -0.4 is 5.73 Å². The molecule has 0 amide bonds. The van der Waals surface area contributed by atoms with Gasteiger partial charge in [0.15, 0.2) is 5.82 Å². The Bertz CT molecular complexity index is 355. The summed E-state index contributed by atoms with van der Waals surface area (Å²) >= 11 is 0. The number of aryl methyl sites for hydroxylation is 1. The van der Waals surface area contributed by atoms with Gasteiger partial charge in [-0.3, -0.25) is 4.68 Å². The molecule has 1 heterocycles. The lowest BCUT2D eigenvalue weighted by atomic mass is 10.0. The summed E-state index contributed by atoms with van der Waals surface area (Å²) in [6.45, 7) is 8.68. The minimum atomic E-state index is 0.299. The molecule has 4 nitrogen and oxygen atoms in total. The van der Waals surface area contributed by atoms with Crippen molar-refractivity contribution in [1.82, 2.24) is 14.8 Å². The van der Waals surface area contributed by atoms with Gasteiger partial charge in [0.1, 0.15) is 5.82 Å². The predicted molar refractivity (Wildman–Crippen MR) is 75.5 cm³/mol. The average Bonchev–Trinajstić information content (AvgIpc) is 2.57.